The van der Waals surface area contributed by atoms with Crippen molar-refractivity contribution < 1.29 is 9.21 Å². The Balaban J connectivity index is 1.40. The van der Waals surface area contributed by atoms with Crippen molar-refractivity contribution in [1.29, 1.82) is 0 Å². The van der Waals surface area contributed by atoms with Gasteiger partial charge in [-0.2, -0.15) is 9.78 Å². The van der Waals surface area contributed by atoms with Crippen molar-refractivity contribution >= 4 is 17.2 Å². The highest BCUT2D eigenvalue weighted by Crippen LogP contribution is 2.21. The van der Waals surface area contributed by atoms with Gasteiger partial charge in [0.25, 0.3) is 5.89 Å². The van der Waals surface area contributed by atoms with Crippen LogP contribution in [0.1, 0.15) is 22.5 Å². The molecule has 154 valence electrons. The maximum Gasteiger partial charge on any atom is 0.437 e. The second kappa shape index (κ2) is 8.50. The highest BCUT2D eigenvalue weighted by Gasteiger charge is 2.16. The van der Waals surface area contributed by atoms with Gasteiger partial charge >= 0.3 is 5.76 Å². The first-order valence-corrected chi connectivity index (χ1v) is 10.3. The van der Waals surface area contributed by atoms with E-state index in [0.717, 1.165) is 32.1 Å². The maximum absolute atomic E-state index is 12.4. The Labute approximate surface area is 176 Å². The Kier molecular flexibility index (Phi) is 5.62. The predicted molar refractivity (Wildman–Crippen MR) is 113 cm³/mol. The van der Waals surface area contributed by atoms with Crippen LogP contribution in [0.25, 0.3) is 10.8 Å². The number of nitrogens with one attached hydrogen (secondary N) is 1. The van der Waals surface area contributed by atoms with Gasteiger partial charge in [-0.1, -0.05) is 36.4 Å². The number of carbonyl (C=O) groups is 1. The van der Waals surface area contributed by atoms with Crippen LogP contribution >= 0.6 is 11.3 Å². The molecule has 0 saturated carbocycles. The third kappa shape index (κ3) is 4.25. The third-order valence-corrected chi connectivity index (χ3v) is 5.66. The number of amides is 1. The van der Waals surface area contributed by atoms with Gasteiger partial charge in [-0.3, -0.25) is 9.48 Å². The van der Waals surface area contributed by atoms with Crippen molar-refractivity contribution in [3.8, 4) is 10.8 Å². The molecule has 0 unspecified atom stereocenters. The third-order valence-electron chi connectivity index (χ3n) is 4.80. The molecule has 0 spiro atoms. The smallest absolute Gasteiger partial charge is 0.387 e. The summed E-state index contributed by atoms with van der Waals surface area (Å²) in [7, 11) is 0. The topological polar surface area (TPSA) is 95.0 Å². The minimum Gasteiger partial charge on any atom is -0.387 e. The van der Waals surface area contributed by atoms with Crippen molar-refractivity contribution in [2.24, 2.45) is 0 Å². The molecule has 0 bridgehead atoms. The summed E-state index contributed by atoms with van der Waals surface area (Å²) >= 11 is 1.41. The Morgan fingerprint density at radius 3 is 2.63 bits per heavy atom. The maximum atomic E-state index is 12.4. The van der Waals surface area contributed by atoms with E-state index >= 15 is 0 Å². The molecule has 0 aliphatic carbocycles. The fourth-order valence-electron chi connectivity index (χ4n) is 3.19. The Morgan fingerprint density at radius 1 is 1.10 bits per heavy atom. The number of thiophene rings is 1. The minimum atomic E-state index is -0.656. The average molecular weight is 423 g/mol. The van der Waals surface area contributed by atoms with Gasteiger partial charge in [-0.05, 0) is 30.9 Å². The molecule has 0 aliphatic rings. The lowest BCUT2D eigenvalue weighted by Crippen LogP contribution is -2.31. The number of nitrogens with zero attached hydrogens (tertiary/aromatic N) is 4. The first-order chi connectivity index (χ1) is 14.5. The minimum absolute atomic E-state index is 0.204. The Bertz CT molecular complexity index is 1210. The molecule has 3 aromatic heterocycles. The molecule has 30 heavy (non-hydrogen) atoms. The standard InChI is InChI=1S/C21H21N5O3S/c1-14-17(15(2)25(23-14)12-16-7-4-3-5-8-16)11-22-19(27)13-26-21(28)29-20(24-26)18-9-6-10-30-18/h3-10H,11-13H2,1-2H3,(H,22,27). The van der Waals surface area contributed by atoms with E-state index in [1.54, 1.807) is 6.07 Å². The number of aryl methyl sites for hydroxylation is 1. The van der Waals surface area contributed by atoms with E-state index in [4.69, 9.17) is 4.42 Å². The first kappa shape index (κ1) is 19.8. The van der Waals surface area contributed by atoms with Gasteiger partial charge in [-0.25, -0.2) is 4.79 Å². The largest absolute Gasteiger partial charge is 0.437 e. The SMILES string of the molecule is Cc1nn(Cc2ccccc2)c(C)c1CNC(=O)Cn1nc(-c2cccs2)oc1=O. The molecule has 0 fully saturated rings. The van der Waals surface area contributed by atoms with E-state index in [1.165, 1.54) is 11.3 Å². The van der Waals surface area contributed by atoms with Crippen molar-refractivity contribution in [3.63, 3.8) is 0 Å². The summed E-state index contributed by atoms with van der Waals surface area (Å²) in [4.78, 5) is 25.1. The van der Waals surface area contributed by atoms with Gasteiger partial charge in [0.15, 0.2) is 0 Å². The van der Waals surface area contributed by atoms with Crippen molar-refractivity contribution in [2.75, 3.05) is 0 Å². The normalized spacial score (nSPS) is 11.0. The lowest BCUT2D eigenvalue weighted by Gasteiger charge is -2.07. The molecule has 0 saturated heterocycles. The summed E-state index contributed by atoms with van der Waals surface area (Å²) < 4.78 is 8.10. The molecule has 4 rings (SSSR count). The Morgan fingerprint density at radius 2 is 1.90 bits per heavy atom. The summed E-state index contributed by atoms with van der Waals surface area (Å²) in [5, 5.41) is 13.4. The molecule has 9 heteroatoms. The number of carbonyl (C=O) groups excluding carboxylic acids is 1. The molecule has 0 aliphatic heterocycles. The van der Waals surface area contributed by atoms with Crippen molar-refractivity contribution in [1.82, 2.24) is 24.9 Å². The van der Waals surface area contributed by atoms with E-state index in [-0.39, 0.29) is 18.3 Å². The van der Waals surface area contributed by atoms with E-state index in [0.29, 0.717) is 13.1 Å². The van der Waals surface area contributed by atoms with Gasteiger partial charge < -0.3 is 9.73 Å². The number of benzene rings is 1. The summed E-state index contributed by atoms with van der Waals surface area (Å²) in [5.41, 5.74) is 3.98. The van der Waals surface area contributed by atoms with Gasteiger partial charge in [0.2, 0.25) is 5.91 Å². The summed E-state index contributed by atoms with van der Waals surface area (Å²) in [6.07, 6.45) is 0. The van der Waals surface area contributed by atoms with Crippen LogP contribution < -0.4 is 11.1 Å². The van der Waals surface area contributed by atoms with Crippen LogP contribution in [-0.4, -0.2) is 25.5 Å². The number of rotatable bonds is 7. The van der Waals surface area contributed by atoms with Gasteiger partial charge in [0.05, 0.1) is 17.1 Å². The molecule has 8 nitrogen and oxygen atoms in total. The molecule has 0 atom stereocenters. The quantitative estimate of drug-likeness (QED) is 0.493. The van der Waals surface area contributed by atoms with Crippen molar-refractivity contribution in [3.05, 3.63) is 80.9 Å². The fraction of sp³-hybridized carbons (Fsp3) is 0.238. The van der Waals surface area contributed by atoms with Gasteiger partial charge in [0, 0.05) is 17.8 Å². The number of aromatic nitrogens is 4. The predicted octanol–water partition coefficient (Wildman–Crippen LogP) is 2.74. The highest BCUT2D eigenvalue weighted by atomic mass is 32.1. The lowest BCUT2D eigenvalue weighted by molar-refractivity contribution is -0.122. The van der Waals surface area contributed by atoms with Crippen molar-refractivity contribution in [2.45, 2.75) is 33.5 Å². The summed E-state index contributed by atoms with van der Waals surface area (Å²) in [6.45, 7) is 4.70. The molecule has 1 amide bonds. The molecule has 1 N–H and O–H groups in total. The summed E-state index contributed by atoms with van der Waals surface area (Å²) in [6, 6.07) is 13.7. The fourth-order valence-corrected chi connectivity index (χ4v) is 3.83. The van der Waals surface area contributed by atoms with Crippen LogP contribution in [0.5, 0.6) is 0 Å². The zero-order chi connectivity index (χ0) is 21.1. The second-order valence-corrected chi connectivity index (χ2v) is 7.83. The highest BCUT2D eigenvalue weighted by molar-refractivity contribution is 7.13. The van der Waals surface area contributed by atoms with E-state index in [1.807, 2.05) is 48.2 Å². The van der Waals surface area contributed by atoms with Crippen LogP contribution in [0.15, 0.2) is 57.1 Å². The van der Waals surface area contributed by atoms with Crippen LogP contribution in [0.2, 0.25) is 0 Å². The van der Waals surface area contributed by atoms with Crippen LogP contribution in [-0.2, 0) is 24.4 Å². The molecule has 4 aromatic rings. The zero-order valence-corrected chi connectivity index (χ0v) is 17.5. The first-order valence-electron chi connectivity index (χ1n) is 9.46. The summed E-state index contributed by atoms with van der Waals surface area (Å²) in [5.74, 6) is -0.758. The molecule has 3 heterocycles. The van der Waals surface area contributed by atoms with Crippen LogP contribution in [0, 0.1) is 13.8 Å². The van der Waals surface area contributed by atoms with E-state index in [2.05, 4.69) is 27.6 Å². The van der Waals surface area contributed by atoms with Crippen LogP contribution in [0.4, 0.5) is 0 Å². The molecule has 1 aromatic carbocycles. The second-order valence-electron chi connectivity index (χ2n) is 6.88. The van der Waals surface area contributed by atoms with Gasteiger partial charge in [-0.15, -0.1) is 16.4 Å². The van der Waals surface area contributed by atoms with Gasteiger partial charge in [0.1, 0.15) is 6.54 Å². The van der Waals surface area contributed by atoms with E-state index in [9.17, 15) is 9.59 Å². The molecule has 0 radical (unpaired) electrons. The lowest BCUT2D eigenvalue weighted by atomic mass is 10.2. The number of hydrogen-bond acceptors (Lipinski definition) is 6. The number of hydrogen-bond donors (Lipinski definition) is 1. The Hall–Kier alpha value is -3.46. The monoisotopic (exact) mass is 423 g/mol. The van der Waals surface area contributed by atoms with E-state index < -0.39 is 5.76 Å². The van der Waals surface area contributed by atoms with Crippen LogP contribution in [0.3, 0.4) is 0 Å². The zero-order valence-electron chi connectivity index (χ0n) is 16.7. The molecular weight excluding hydrogens is 402 g/mol. The molecular formula is C21H21N5O3S. The average Bonchev–Trinajstić information content (AvgIpc) is 3.44.